The van der Waals surface area contributed by atoms with E-state index in [0.29, 0.717) is 17.1 Å². The molecule has 0 aliphatic carbocycles. The molecule has 9 heteroatoms. The summed E-state index contributed by atoms with van der Waals surface area (Å²) in [5, 5.41) is 8.25. The number of benzene rings is 1. The van der Waals surface area contributed by atoms with E-state index in [4.69, 9.17) is 32.7 Å². The second-order valence-electron chi connectivity index (χ2n) is 4.72. The number of nitrogens with zero attached hydrogens (tertiary/aromatic N) is 2. The van der Waals surface area contributed by atoms with Crippen molar-refractivity contribution >= 4 is 35.4 Å². The molecular weight excluding hydrogens is 374 g/mol. The number of carboxylic acids is 1. The Hall–Kier alpha value is -2.38. The molecule has 1 N–H and O–H groups in total. The molecule has 1 aromatic carbocycles. The second-order valence-corrected chi connectivity index (χ2v) is 5.44. The van der Waals surface area contributed by atoms with Crippen molar-refractivity contribution in [3.05, 3.63) is 51.0 Å². The summed E-state index contributed by atoms with van der Waals surface area (Å²) < 4.78 is 24.6. The third-order valence-electron chi connectivity index (χ3n) is 3.27. The Morgan fingerprint density at radius 3 is 2.64 bits per heavy atom. The highest BCUT2D eigenvalue weighted by molar-refractivity contribution is 6.35. The Kier molecular flexibility index (Phi) is 6.17. The zero-order valence-corrected chi connectivity index (χ0v) is 14.7. The van der Waals surface area contributed by atoms with Crippen LogP contribution in [0.5, 0.6) is 11.5 Å². The van der Waals surface area contributed by atoms with Crippen LogP contribution < -0.4 is 9.47 Å². The average Bonchev–Trinajstić information content (AvgIpc) is 2.58. The Bertz CT molecular complexity index is 843. The van der Waals surface area contributed by atoms with Gasteiger partial charge in [-0.25, -0.2) is 14.2 Å². The van der Waals surface area contributed by atoms with Crippen molar-refractivity contribution < 1.29 is 23.8 Å². The van der Waals surface area contributed by atoms with Gasteiger partial charge in [-0.15, -0.1) is 0 Å². The van der Waals surface area contributed by atoms with Crippen LogP contribution in [0.15, 0.2) is 23.2 Å². The number of aromatic carboxylic acids is 1. The molecule has 0 atom stereocenters. The number of hydrogen-bond donors (Lipinski definition) is 1. The zero-order chi connectivity index (χ0) is 18.6. The van der Waals surface area contributed by atoms with Gasteiger partial charge in [0.25, 0.3) is 0 Å². The Morgan fingerprint density at radius 2 is 2.04 bits per heavy atom. The topological polar surface area (TPSA) is 81.0 Å². The minimum atomic E-state index is -1.44. The van der Waals surface area contributed by atoms with Gasteiger partial charge in [0, 0.05) is 17.3 Å². The first-order chi connectivity index (χ1) is 11.9. The van der Waals surface area contributed by atoms with Crippen LogP contribution in [0.4, 0.5) is 4.39 Å². The molecule has 0 unspecified atom stereocenters. The normalized spacial score (nSPS) is 10.9. The predicted octanol–water partition coefficient (Wildman–Crippen LogP) is 3.86. The summed E-state index contributed by atoms with van der Waals surface area (Å²) in [6.45, 7) is 0.0937. The molecule has 0 amide bonds. The number of ether oxygens (including phenoxy) is 2. The summed E-state index contributed by atoms with van der Waals surface area (Å²) in [5.74, 6) is -1.45. The van der Waals surface area contributed by atoms with Gasteiger partial charge >= 0.3 is 5.97 Å². The fourth-order valence-corrected chi connectivity index (χ4v) is 2.66. The van der Waals surface area contributed by atoms with Crippen LogP contribution in [0.2, 0.25) is 10.3 Å². The van der Waals surface area contributed by atoms with E-state index in [2.05, 4.69) is 9.98 Å². The molecular formula is C16H13Cl2FN2O4. The summed E-state index contributed by atoms with van der Waals surface area (Å²) in [4.78, 5) is 18.8. The lowest BCUT2D eigenvalue weighted by molar-refractivity contribution is 0.0696. The van der Waals surface area contributed by atoms with Crippen molar-refractivity contribution in [1.29, 1.82) is 0 Å². The summed E-state index contributed by atoms with van der Waals surface area (Å²) in [5.41, 5.74) is -0.189. The van der Waals surface area contributed by atoms with E-state index in [-0.39, 0.29) is 12.1 Å². The standard InChI is InChI=1S/C16H13Cl2FN2O4/c1-24-10-5-3-4-8(13(10)25-2)6-20-7-9-11(16(22)23)14(17)21-15(18)12(9)19/h3-5,7H,6H2,1-2H3,(H,22,23)/b20-7+. The van der Waals surface area contributed by atoms with Crippen molar-refractivity contribution in [2.24, 2.45) is 4.99 Å². The van der Waals surface area contributed by atoms with Crippen LogP contribution in [0.1, 0.15) is 21.5 Å². The van der Waals surface area contributed by atoms with Crippen LogP contribution in [-0.2, 0) is 6.54 Å². The van der Waals surface area contributed by atoms with Crippen molar-refractivity contribution in [1.82, 2.24) is 4.98 Å². The Labute approximate surface area is 152 Å². The fraction of sp³-hybridized carbons (Fsp3) is 0.188. The first-order valence-electron chi connectivity index (χ1n) is 6.88. The predicted molar refractivity (Wildman–Crippen MR) is 92.0 cm³/mol. The van der Waals surface area contributed by atoms with Gasteiger partial charge in [-0.05, 0) is 6.07 Å². The molecule has 0 spiro atoms. The quantitative estimate of drug-likeness (QED) is 0.601. The van der Waals surface area contributed by atoms with Gasteiger partial charge in [0.05, 0.1) is 20.8 Å². The van der Waals surface area contributed by atoms with E-state index in [0.717, 1.165) is 6.21 Å². The number of aliphatic imine (C=N–C) groups is 1. The van der Waals surface area contributed by atoms with E-state index in [1.165, 1.54) is 14.2 Å². The Morgan fingerprint density at radius 1 is 1.32 bits per heavy atom. The van der Waals surface area contributed by atoms with Gasteiger partial charge in [0.15, 0.2) is 22.5 Å². The third-order valence-corrected chi connectivity index (χ3v) is 3.79. The van der Waals surface area contributed by atoms with E-state index in [1.807, 2.05) is 0 Å². The number of aromatic nitrogens is 1. The third kappa shape index (κ3) is 4.00. The molecule has 132 valence electrons. The molecule has 1 heterocycles. The molecule has 1 aromatic heterocycles. The van der Waals surface area contributed by atoms with E-state index in [1.54, 1.807) is 18.2 Å². The molecule has 0 saturated carbocycles. The van der Waals surface area contributed by atoms with Gasteiger partial charge in [-0.3, -0.25) is 4.99 Å². The molecule has 0 bridgehead atoms. The summed E-state index contributed by atoms with van der Waals surface area (Å²) in [7, 11) is 2.98. The lowest BCUT2D eigenvalue weighted by Gasteiger charge is -2.11. The molecule has 0 radical (unpaired) electrons. The van der Waals surface area contributed by atoms with E-state index >= 15 is 0 Å². The lowest BCUT2D eigenvalue weighted by atomic mass is 10.1. The van der Waals surface area contributed by atoms with Crippen molar-refractivity contribution in [3.8, 4) is 11.5 Å². The van der Waals surface area contributed by atoms with Crippen LogP contribution >= 0.6 is 23.2 Å². The molecule has 0 saturated heterocycles. The van der Waals surface area contributed by atoms with Crippen LogP contribution in [-0.4, -0.2) is 36.5 Å². The maximum Gasteiger partial charge on any atom is 0.339 e. The van der Waals surface area contributed by atoms with Crippen LogP contribution in [0.3, 0.4) is 0 Å². The first kappa shape index (κ1) is 19.0. The molecule has 25 heavy (non-hydrogen) atoms. The molecule has 2 aromatic rings. The highest BCUT2D eigenvalue weighted by Gasteiger charge is 2.22. The number of hydrogen-bond acceptors (Lipinski definition) is 5. The van der Waals surface area contributed by atoms with Crippen molar-refractivity contribution in [2.75, 3.05) is 14.2 Å². The number of pyridine rings is 1. The maximum atomic E-state index is 14.1. The highest BCUT2D eigenvalue weighted by atomic mass is 35.5. The van der Waals surface area contributed by atoms with Crippen molar-refractivity contribution in [2.45, 2.75) is 6.54 Å². The molecule has 0 aliphatic heterocycles. The maximum absolute atomic E-state index is 14.1. The minimum Gasteiger partial charge on any atom is -0.493 e. The number of halogens is 3. The molecule has 6 nitrogen and oxygen atoms in total. The highest BCUT2D eigenvalue weighted by Crippen LogP contribution is 2.31. The second kappa shape index (κ2) is 8.13. The van der Waals surface area contributed by atoms with Gasteiger partial charge in [0.1, 0.15) is 10.7 Å². The molecule has 0 aliphatic rings. The van der Waals surface area contributed by atoms with Gasteiger partial charge in [-0.1, -0.05) is 35.3 Å². The largest absolute Gasteiger partial charge is 0.493 e. The molecule has 0 fully saturated rings. The number of methoxy groups -OCH3 is 2. The number of para-hydroxylation sites is 1. The number of carbonyl (C=O) groups is 1. The van der Waals surface area contributed by atoms with E-state index < -0.39 is 27.7 Å². The smallest absolute Gasteiger partial charge is 0.339 e. The lowest BCUT2D eigenvalue weighted by Crippen LogP contribution is -2.08. The average molecular weight is 387 g/mol. The monoisotopic (exact) mass is 386 g/mol. The minimum absolute atomic E-state index is 0.0937. The summed E-state index contributed by atoms with van der Waals surface area (Å²) in [6, 6.07) is 5.21. The summed E-state index contributed by atoms with van der Waals surface area (Å²) >= 11 is 11.4. The Balaban J connectivity index is 2.40. The van der Waals surface area contributed by atoms with Crippen LogP contribution in [0.25, 0.3) is 0 Å². The fourth-order valence-electron chi connectivity index (χ4n) is 2.16. The summed E-state index contributed by atoms with van der Waals surface area (Å²) in [6.07, 6.45) is 1.05. The molecule has 2 rings (SSSR count). The SMILES string of the molecule is COc1cccc(C/N=C/c2c(F)c(Cl)nc(Cl)c2C(=O)O)c1OC. The van der Waals surface area contributed by atoms with Gasteiger partial charge < -0.3 is 14.6 Å². The van der Waals surface area contributed by atoms with Crippen molar-refractivity contribution in [3.63, 3.8) is 0 Å². The van der Waals surface area contributed by atoms with Gasteiger partial charge in [0.2, 0.25) is 0 Å². The number of rotatable bonds is 6. The first-order valence-corrected chi connectivity index (χ1v) is 7.63. The van der Waals surface area contributed by atoms with Crippen LogP contribution in [0, 0.1) is 5.82 Å². The zero-order valence-electron chi connectivity index (χ0n) is 13.2. The van der Waals surface area contributed by atoms with E-state index in [9.17, 15) is 14.3 Å². The van der Waals surface area contributed by atoms with Gasteiger partial charge in [-0.2, -0.15) is 0 Å². The number of carboxylic acid groups (broad SMARTS) is 1.